The first-order valence-corrected chi connectivity index (χ1v) is 6.71. The number of benzene rings is 2. The number of cyclic esters (lactones) is 1. The van der Waals surface area contributed by atoms with Gasteiger partial charge >= 0.3 is 5.97 Å². The van der Waals surface area contributed by atoms with Crippen molar-refractivity contribution in [3.63, 3.8) is 0 Å². The number of esters is 1. The number of nitrogens with one attached hydrogen (secondary N) is 1. The van der Waals surface area contributed by atoms with Gasteiger partial charge in [0.2, 0.25) is 12.1 Å². The zero-order valence-corrected chi connectivity index (χ0v) is 11.4. The van der Waals surface area contributed by atoms with Gasteiger partial charge in [0, 0.05) is 10.9 Å². The summed E-state index contributed by atoms with van der Waals surface area (Å²) in [5.41, 5.74) is 9.26. The van der Waals surface area contributed by atoms with E-state index in [1.54, 1.807) is 36.4 Å². The first-order valence-electron chi connectivity index (χ1n) is 6.71. The van der Waals surface area contributed by atoms with Crippen LogP contribution in [0, 0.1) is 5.53 Å². The minimum Gasteiger partial charge on any atom is -0.493 e. The number of para-hydroxylation sites is 1. The lowest BCUT2D eigenvalue weighted by molar-refractivity contribution is 0.0318. The van der Waals surface area contributed by atoms with Crippen LogP contribution in [0.25, 0.3) is 10.9 Å². The quantitative estimate of drug-likeness (QED) is 0.557. The number of hydrogen-bond donors (Lipinski definition) is 2. The molecule has 0 radical (unpaired) electrons. The van der Waals surface area contributed by atoms with E-state index >= 15 is 0 Å². The number of aromatic nitrogens is 1. The molecule has 1 atom stereocenters. The third-order valence-electron chi connectivity index (χ3n) is 3.87. The molecule has 0 bridgehead atoms. The molecule has 6 nitrogen and oxygen atoms in total. The maximum absolute atomic E-state index is 12.0. The molecule has 0 saturated carbocycles. The monoisotopic (exact) mass is 293 g/mol. The third-order valence-corrected chi connectivity index (χ3v) is 3.87. The maximum Gasteiger partial charge on any atom is 0.340 e. The number of rotatable bonds is 2. The lowest BCUT2D eigenvalue weighted by atomic mass is 10.1. The number of aromatic hydroxyl groups is 1. The summed E-state index contributed by atoms with van der Waals surface area (Å²) in [6, 6.07) is 14.2. The normalized spacial score (nSPS) is 16.5. The summed E-state index contributed by atoms with van der Waals surface area (Å²) in [6.07, 6.45) is -0.760. The molecule has 4 rings (SSSR count). The van der Waals surface area contributed by atoms with Crippen LogP contribution in [0.2, 0.25) is 0 Å². The number of nitrogens with zero attached hydrogens (tertiary/aromatic N) is 2. The summed E-state index contributed by atoms with van der Waals surface area (Å²) in [5.74, 6) is -0.618. The first kappa shape index (κ1) is 12.6. The zero-order chi connectivity index (χ0) is 15.3. The van der Waals surface area contributed by atoms with Crippen LogP contribution >= 0.6 is 0 Å². The molecule has 1 aromatic heterocycles. The molecule has 0 saturated heterocycles. The van der Waals surface area contributed by atoms with Crippen molar-refractivity contribution in [2.45, 2.75) is 6.23 Å². The topological polar surface area (TPSA) is 87.7 Å². The Bertz CT molecular complexity index is 930. The average molecular weight is 293 g/mol. The minimum atomic E-state index is -0.760. The van der Waals surface area contributed by atoms with E-state index in [0.29, 0.717) is 22.0 Å². The molecule has 2 heterocycles. The lowest BCUT2D eigenvalue weighted by Gasteiger charge is -2.15. The van der Waals surface area contributed by atoms with Crippen LogP contribution in [0.4, 0.5) is 5.69 Å². The van der Waals surface area contributed by atoms with Crippen molar-refractivity contribution in [2.24, 2.45) is 5.11 Å². The summed E-state index contributed by atoms with van der Waals surface area (Å²) in [5, 5.41) is 14.5. The molecule has 2 aromatic carbocycles. The van der Waals surface area contributed by atoms with Crippen LogP contribution in [-0.4, -0.2) is 15.6 Å². The van der Waals surface area contributed by atoms with E-state index in [-0.39, 0.29) is 11.6 Å². The molecule has 1 aliphatic heterocycles. The number of carbonyl (C=O) groups excluding carboxylic acids is 1. The van der Waals surface area contributed by atoms with Gasteiger partial charge in [0.15, 0.2) is 5.69 Å². The Kier molecular flexibility index (Phi) is 2.53. The molecule has 2 N–H and O–H groups in total. The van der Waals surface area contributed by atoms with Crippen LogP contribution < -0.4 is 0 Å². The number of hydrogen-bond acceptors (Lipinski definition) is 5. The Morgan fingerprint density at radius 3 is 2.68 bits per heavy atom. The van der Waals surface area contributed by atoms with Crippen LogP contribution in [0.15, 0.2) is 53.6 Å². The SMILES string of the molecule is N=Nc1c(O)n(C2OC(=O)c3ccccc32)c2ccccc12. The van der Waals surface area contributed by atoms with E-state index in [1.165, 1.54) is 4.57 Å². The van der Waals surface area contributed by atoms with Gasteiger partial charge in [0.05, 0.1) is 11.1 Å². The van der Waals surface area contributed by atoms with Crippen molar-refractivity contribution in [2.75, 3.05) is 0 Å². The van der Waals surface area contributed by atoms with Crippen molar-refractivity contribution >= 4 is 22.6 Å². The third kappa shape index (κ3) is 1.52. The molecule has 0 amide bonds. The standard InChI is InChI=1S/C16H11N3O3/c17-18-13-11-7-3-4-8-12(11)19(14(13)20)15-9-5-1-2-6-10(9)16(21)22-15/h1-8,15,17,20H. The molecule has 1 aliphatic rings. The van der Waals surface area contributed by atoms with Gasteiger partial charge in [-0.3, -0.25) is 4.57 Å². The number of ether oxygens (including phenoxy) is 1. The lowest BCUT2D eigenvalue weighted by Crippen LogP contribution is -2.09. The molecule has 1 unspecified atom stereocenters. The second-order valence-corrected chi connectivity index (χ2v) is 5.02. The predicted molar refractivity (Wildman–Crippen MR) is 78.4 cm³/mol. The van der Waals surface area contributed by atoms with Crippen molar-refractivity contribution in [1.29, 1.82) is 5.53 Å². The largest absolute Gasteiger partial charge is 0.493 e. The Morgan fingerprint density at radius 2 is 1.86 bits per heavy atom. The molecule has 0 aliphatic carbocycles. The minimum absolute atomic E-state index is 0.163. The second kappa shape index (κ2) is 4.42. The number of fused-ring (bicyclic) bond motifs is 2. The van der Waals surface area contributed by atoms with Crippen LogP contribution in [0.1, 0.15) is 22.1 Å². The molecular weight excluding hydrogens is 282 g/mol. The van der Waals surface area contributed by atoms with Crippen molar-refractivity contribution in [3.05, 3.63) is 59.7 Å². The van der Waals surface area contributed by atoms with Gasteiger partial charge in [-0.25, -0.2) is 10.3 Å². The molecule has 0 fully saturated rings. The van der Waals surface area contributed by atoms with E-state index in [2.05, 4.69) is 5.11 Å². The Labute approximate surface area is 125 Å². The molecular formula is C16H11N3O3. The summed E-state index contributed by atoms with van der Waals surface area (Å²) in [4.78, 5) is 12.0. The summed E-state index contributed by atoms with van der Waals surface area (Å²) >= 11 is 0. The van der Waals surface area contributed by atoms with Gasteiger partial charge in [-0.05, 0) is 12.1 Å². The van der Waals surface area contributed by atoms with E-state index in [4.69, 9.17) is 10.3 Å². The molecule has 108 valence electrons. The maximum atomic E-state index is 12.0. The Balaban J connectivity index is 2.03. The first-order chi connectivity index (χ1) is 10.7. The van der Waals surface area contributed by atoms with E-state index in [0.717, 1.165) is 0 Å². The summed E-state index contributed by atoms with van der Waals surface area (Å²) in [6.45, 7) is 0. The van der Waals surface area contributed by atoms with Gasteiger partial charge in [0.25, 0.3) is 0 Å². The second-order valence-electron chi connectivity index (χ2n) is 5.02. The molecule has 22 heavy (non-hydrogen) atoms. The van der Waals surface area contributed by atoms with Gasteiger partial charge in [-0.15, -0.1) is 0 Å². The highest BCUT2D eigenvalue weighted by Crippen LogP contribution is 2.44. The van der Waals surface area contributed by atoms with E-state index < -0.39 is 12.2 Å². The van der Waals surface area contributed by atoms with Gasteiger partial charge in [0.1, 0.15) is 0 Å². The van der Waals surface area contributed by atoms with Crippen LogP contribution in [-0.2, 0) is 4.74 Å². The number of carbonyl (C=O) groups is 1. The van der Waals surface area contributed by atoms with Crippen LogP contribution in [0.5, 0.6) is 5.88 Å². The van der Waals surface area contributed by atoms with Crippen molar-refractivity contribution in [1.82, 2.24) is 4.57 Å². The predicted octanol–water partition coefficient (Wildman–Crippen LogP) is 3.73. The summed E-state index contributed by atoms with van der Waals surface area (Å²) in [7, 11) is 0. The van der Waals surface area contributed by atoms with Crippen molar-refractivity contribution in [3.8, 4) is 5.88 Å². The fraction of sp³-hybridized carbons (Fsp3) is 0.0625. The fourth-order valence-corrected chi connectivity index (χ4v) is 2.90. The van der Waals surface area contributed by atoms with Gasteiger partial charge < -0.3 is 9.84 Å². The van der Waals surface area contributed by atoms with Gasteiger partial charge in [-0.2, -0.15) is 5.11 Å². The van der Waals surface area contributed by atoms with Crippen LogP contribution in [0.3, 0.4) is 0 Å². The Morgan fingerprint density at radius 1 is 1.14 bits per heavy atom. The highest BCUT2D eigenvalue weighted by atomic mass is 16.6. The van der Waals surface area contributed by atoms with Gasteiger partial charge in [-0.1, -0.05) is 36.4 Å². The average Bonchev–Trinajstić information content (AvgIpc) is 3.02. The molecule has 0 spiro atoms. The Hall–Kier alpha value is -3.15. The fourth-order valence-electron chi connectivity index (χ4n) is 2.90. The highest BCUT2D eigenvalue weighted by Gasteiger charge is 2.35. The van der Waals surface area contributed by atoms with Crippen molar-refractivity contribution < 1.29 is 14.6 Å². The molecule has 6 heteroatoms. The highest BCUT2D eigenvalue weighted by molar-refractivity contribution is 5.97. The van der Waals surface area contributed by atoms with E-state index in [1.807, 2.05) is 12.1 Å². The molecule has 3 aromatic rings. The van der Waals surface area contributed by atoms with E-state index in [9.17, 15) is 9.90 Å². The smallest absolute Gasteiger partial charge is 0.340 e. The summed E-state index contributed by atoms with van der Waals surface area (Å²) < 4.78 is 6.92. The zero-order valence-electron chi connectivity index (χ0n) is 11.4.